The molecule has 1 heterocycles. The van der Waals surface area contributed by atoms with Gasteiger partial charge in [0.1, 0.15) is 17.2 Å². The fraction of sp³-hybridized carbons (Fsp3) is 0.316. The maximum atomic E-state index is 13.9. The molecule has 1 saturated heterocycles. The molecule has 148 valence electrons. The molecule has 4 nitrogen and oxygen atoms in total. The lowest BCUT2D eigenvalue weighted by Gasteiger charge is -2.39. The molecule has 1 aliphatic rings. The highest BCUT2D eigenvalue weighted by atomic mass is 35.5. The topological polar surface area (TPSA) is 49.6 Å². The van der Waals surface area contributed by atoms with E-state index in [1.54, 1.807) is 16.7 Å². The van der Waals surface area contributed by atoms with E-state index in [4.69, 9.17) is 5.73 Å². The molecule has 2 aromatic carbocycles. The molecule has 8 heteroatoms. The number of amides is 1. The Morgan fingerprint density at radius 2 is 1.59 bits per heavy atom. The van der Waals surface area contributed by atoms with Gasteiger partial charge in [-0.2, -0.15) is 0 Å². The molecule has 1 amide bonds. The molecule has 3 rings (SSSR count). The Morgan fingerprint density at radius 3 is 2.19 bits per heavy atom. The van der Waals surface area contributed by atoms with Crippen LogP contribution >= 0.6 is 24.8 Å². The number of nitrogens with two attached hydrogens (primary N) is 1. The van der Waals surface area contributed by atoms with E-state index in [9.17, 15) is 13.6 Å². The summed E-state index contributed by atoms with van der Waals surface area (Å²) in [6.07, 6.45) is 0. The molecule has 2 N–H and O–H groups in total. The van der Waals surface area contributed by atoms with Crippen molar-refractivity contribution in [1.82, 2.24) is 4.90 Å². The van der Waals surface area contributed by atoms with Crippen LogP contribution in [0.3, 0.4) is 0 Å². The summed E-state index contributed by atoms with van der Waals surface area (Å²) in [4.78, 5) is 16.3. The molecule has 1 aliphatic heterocycles. The largest absolute Gasteiger partial charge is 0.366 e. The molecule has 0 aromatic heterocycles. The van der Waals surface area contributed by atoms with Crippen LogP contribution in [0.25, 0.3) is 0 Å². The first-order valence-electron chi connectivity index (χ1n) is 8.23. The molecule has 1 unspecified atom stereocenters. The average molecular weight is 418 g/mol. The Morgan fingerprint density at radius 1 is 1.00 bits per heavy atom. The first kappa shape index (κ1) is 23.1. The van der Waals surface area contributed by atoms with Crippen molar-refractivity contribution < 1.29 is 13.6 Å². The summed E-state index contributed by atoms with van der Waals surface area (Å²) in [5, 5.41) is 0. The minimum Gasteiger partial charge on any atom is -0.366 e. The van der Waals surface area contributed by atoms with Gasteiger partial charge < -0.3 is 15.5 Å². The van der Waals surface area contributed by atoms with Gasteiger partial charge in [0.25, 0.3) is 0 Å². The Kier molecular flexibility index (Phi) is 8.02. The second kappa shape index (κ2) is 9.35. The lowest BCUT2D eigenvalue weighted by Crippen LogP contribution is -2.57. The van der Waals surface area contributed by atoms with Gasteiger partial charge in [0.05, 0.1) is 5.69 Å². The lowest BCUT2D eigenvalue weighted by atomic mass is 9.91. The summed E-state index contributed by atoms with van der Waals surface area (Å²) < 4.78 is 27.3. The smallest absolute Gasteiger partial charge is 0.247 e. The lowest BCUT2D eigenvalue weighted by molar-refractivity contribution is -0.137. The zero-order valence-corrected chi connectivity index (χ0v) is 16.5. The van der Waals surface area contributed by atoms with Crippen molar-refractivity contribution in [3.05, 3.63) is 65.7 Å². The molecule has 1 fully saturated rings. The van der Waals surface area contributed by atoms with Gasteiger partial charge in [0.2, 0.25) is 5.91 Å². The van der Waals surface area contributed by atoms with Crippen molar-refractivity contribution in [2.45, 2.75) is 12.5 Å². The Hall–Kier alpha value is -1.89. The van der Waals surface area contributed by atoms with Crippen molar-refractivity contribution in [3.8, 4) is 0 Å². The second-order valence-electron chi connectivity index (χ2n) is 6.44. The average Bonchev–Trinajstić information content (AvgIpc) is 2.64. The summed E-state index contributed by atoms with van der Waals surface area (Å²) in [5.41, 5.74) is 6.15. The maximum Gasteiger partial charge on any atom is 0.247 e. The zero-order valence-electron chi connectivity index (χ0n) is 14.9. The first-order valence-corrected chi connectivity index (χ1v) is 8.23. The number of piperazine rings is 1. The van der Waals surface area contributed by atoms with E-state index in [-0.39, 0.29) is 36.4 Å². The van der Waals surface area contributed by atoms with Gasteiger partial charge in [-0.15, -0.1) is 24.8 Å². The van der Waals surface area contributed by atoms with Crippen LogP contribution in [0.15, 0.2) is 48.5 Å². The monoisotopic (exact) mass is 417 g/mol. The number of hydrogen-bond donors (Lipinski definition) is 1. The molecule has 0 radical (unpaired) electrons. The highest BCUT2D eigenvalue weighted by Gasteiger charge is 2.36. The predicted octanol–water partition coefficient (Wildman–Crippen LogP) is 3.33. The molecule has 0 aliphatic carbocycles. The highest BCUT2D eigenvalue weighted by molar-refractivity contribution is 5.87. The summed E-state index contributed by atoms with van der Waals surface area (Å²) in [6, 6.07) is 12.6. The summed E-state index contributed by atoms with van der Waals surface area (Å²) in [6.45, 7) is 3.38. The van der Waals surface area contributed by atoms with Crippen LogP contribution in [0.4, 0.5) is 14.5 Å². The molecule has 2 aromatic rings. The fourth-order valence-electron chi connectivity index (χ4n) is 3.11. The second-order valence-corrected chi connectivity index (χ2v) is 6.44. The predicted molar refractivity (Wildman–Crippen MR) is 108 cm³/mol. The van der Waals surface area contributed by atoms with Crippen LogP contribution in [0.1, 0.15) is 12.5 Å². The van der Waals surface area contributed by atoms with Gasteiger partial charge >= 0.3 is 0 Å². The van der Waals surface area contributed by atoms with E-state index in [1.807, 2.05) is 30.3 Å². The van der Waals surface area contributed by atoms with Gasteiger partial charge in [-0.3, -0.25) is 4.79 Å². The van der Waals surface area contributed by atoms with Gasteiger partial charge in [-0.1, -0.05) is 30.3 Å². The molecule has 1 atom stereocenters. The third-order valence-corrected chi connectivity index (χ3v) is 4.63. The number of rotatable bonds is 3. The minimum atomic E-state index is -1.12. The molecule has 0 saturated carbocycles. The maximum absolute atomic E-state index is 13.9. The summed E-state index contributed by atoms with van der Waals surface area (Å²) in [5.74, 6) is -1.11. The fourth-order valence-corrected chi connectivity index (χ4v) is 3.11. The number of carbonyl (C=O) groups excluding carboxylic acids is 1. The van der Waals surface area contributed by atoms with E-state index in [0.717, 1.165) is 17.7 Å². The third kappa shape index (κ3) is 4.89. The first-order chi connectivity index (χ1) is 11.9. The normalized spacial score (nSPS) is 16.0. The van der Waals surface area contributed by atoms with E-state index >= 15 is 0 Å². The number of benzene rings is 2. The number of nitrogens with zero attached hydrogens (tertiary/aromatic N) is 2. The Bertz CT molecular complexity index is 767. The molecule has 0 bridgehead atoms. The van der Waals surface area contributed by atoms with Crippen LogP contribution in [0.5, 0.6) is 0 Å². The quantitative estimate of drug-likeness (QED) is 0.832. The van der Waals surface area contributed by atoms with Crippen LogP contribution in [-0.4, -0.2) is 37.0 Å². The SMILES string of the molecule is CC(N)(C(=O)N1CCN(c2cc(F)ccc2F)CC1)c1ccccc1.Cl.Cl. The van der Waals surface area contributed by atoms with E-state index < -0.39 is 17.2 Å². The van der Waals surface area contributed by atoms with Crippen molar-refractivity contribution in [2.75, 3.05) is 31.1 Å². The number of carbonyl (C=O) groups is 1. The van der Waals surface area contributed by atoms with Crippen molar-refractivity contribution >= 4 is 36.4 Å². The molecule has 0 spiro atoms. The Balaban J connectivity index is 0.00000182. The highest BCUT2D eigenvalue weighted by Crippen LogP contribution is 2.24. The standard InChI is InChI=1S/C19H21F2N3O.2ClH/c1-19(22,14-5-3-2-4-6-14)18(25)24-11-9-23(10-12-24)17-13-15(20)7-8-16(17)21;;/h2-8,13H,9-12,22H2,1H3;2*1H. The minimum absolute atomic E-state index is 0. The van der Waals surface area contributed by atoms with Crippen LogP contribution < -0.4 is 10.6 Å². The number of halogens is 4. The van der Waals surface area contributed by atoms with Crippen LogP contribution in [-0.2, 0) is 10.3 Å². The molecule has 27 heavy (non-hydrogen) atoms. The van der Waals surface area contributed by atoms with Gasteiger partial charge in [0, 0.05) is 32.2 Å². The van der Waals surface area contributed by atoms with Crippen molar-refractivity contribution in [3.63, 3.8) is 0 Å². The van der Waals surface area contributed by atoms with Crippen LogP contribution in [0, 0.1) is 11.6 Å². The summed E-state index contributed by atoms with van der Waals surface area (Å²) in [7, 11) is 0. The molecular formula is C19H23Cl2F2N3O. The van der Waals surface area contributed by atoms with Gasteiger partial charge in [-0.05, 0) is 24.6 Å². The van der Waals surface area contributed by atoms with E-state index in [2.05, 4.69) is 0 Å². The van der Waals surface area contributed by atoms with E-state index in [1.165, 1.54) is 6.07 Å². The van der Waals surface area contributed by atoms with Crippen molar-refractivity contribution in [1.29, 1.82) is 0 Å². The van der Waals surface area contributed by atoms with Crippen molar-refractivity contribution in [2.24, 2.45) is 5.73 Å². The number of hydrogen-bond acceptors (Lipinski definition) is 3. The van der Waals surface area contributed by atoms with Gasteiger partial charge in [0.15, 0.2) is 0 Å². The third-order valence-electron chi connectivity index (χ3n) is 4.63. The summed E-state index contributed by atoms with van der Waals surface area (Å²) >= 11 is 0. The van der Waals surface area contributed by atoms with Gasteiger partial charge in [-0.25, -0.2) is 8.78 Å². The Labute approximate surface area is 170 Å². The number of anilines is 1. The zero-order chi connectivity index (χ0) is 18.0. The molecular weight excluding hydrogens is 395 g/mol. The van der Waals surface area contributed by atoms with E-state index in [0.29, 0.717) is 26.2 Å². The van der Waals surface area contributed by atoms with Crippen LogP contribution in [0.2, 0.25) is 0 Å².